The molecule has 1 aromatic heterocycles. The van der Waals surface area contributed by atoms with Crippen molar-refractivity contribution in [3.8, 4) is 0 Å². The van der Waals surface area contributed by atoms with Gasteiger partial charge in [-0.2, -0.15) is 0 Å². The van der Waals surface area contributed by atoms with Gasteiger partial charge in [0.15, 0.2) is 0 Å². The fraction of sp³-hybridized carbons (Fsp3) is 0.750. The van der Waals surface area contributed by atoms with Gasteiger partial charge in [-0.05, 0) is 32.4 Å². The third-order valence-corrected chi connectivity index (χ3v) is 4.10. The molecule has 1 aliphatic rings. The van der Waals surface area contributed by atoms with Crippen molar-refractivity contribution in [1.29, 1.82) is 0 Å². The molecule has 0 aromatic carbocycles. The number of nitrogens with one attached hydrogen (secondary N) is 1. The monoisotopic (exact) mass is 275 g/mol. The van der Waals surface area contributed by atoms with E-state index in [0.29, 0.717) is 5.41 Å². The molecular weight excluding hydrogens is 254 g/mol. The van der Waals surface area contributed by atoms with E-state index < -0.39 is 0 Å². The maximum absolute atomic E-state index is 4.30. The fourth-order valence-electron chi connectivity index (χ4n) is 2.46. The minimum absolute atomic E-state index is 0. The lowest BCUT2D eigenvalue weighted by Gasteiger charge is -2.28. The molecule has 1 unspecified atom stereocenters. The zero-order valence-corrected chi connectivity index (χ0v) is 12.5. The van der Waals surface area contributed by atoms with E-state index in [4.69, 9.17) is 0 Å². The van der Waals surface area contributed by atoms with Crippen molar-refractivity contribution in [3.05, 3.63) is 16.1 Å². The lowest BCUT2D eigenvalue weighted by molar-refractivity contribution is 0.204. The number of rotatable bonds is 4. The molecule has 1 saturated heterocycles. The van der Waals surface area contributed by atoms with Gasteiger partial charge in [0.05, 0.1) is 5.01 Å². The van der Waals surface area contributed by atoms with Gasteiger partial charge < -0.3 is 10.2 Å². The normalized spacial score (nSPS) is 24.0. The summed E-state index contributed by atoms with van der Waals surface area (Å²) in [5, 5.41) is 4.61. The van der Waals surface area contributed by atoms with Crippen molar-refractivity contribution in [2.45, 2.75) is 26.8 Å². The van der Waals surface area contributed by atoms with E-state index in [2.05, 4.69) is 36.1 Å². The van der Waals surface area contributed by atoms with E-state index in [1.807, 2.05) is 6.20 Å². The van der Waals surface area contributed by atoms with Gasteiger partial charge in [-0.15, -0.1) is 23.7 Å². The van der Waals surface area contributed by atoms with Gasteiger partial charge in [0.1, 0.15) is 0 Å². The number of aromatic nitrogens is 1. The highest BCUT2D eigenvalue weighted by Gasteiger charge is 2.29. The first-order valence-corrected chi connectivity index (χ1v) is 6.70. The van der Waals surface area contributed by atoms with Gasteiger partial charge in [-0.25, -0.2) is 4.98 Å². The Morgan fingerprint density at radius 2 is 2.35 bits per heavy atom. The number of halogens is 1. The SMILES string of the molecule is Cc1ncc(CN(C)CC2(C)CCNC2)s1.Cl. The van der Waals surface area contributed by atoms with Crippen LogP contribution in [0.2, 0.25) is 0 Å². The highest BCUT2D eigenvalue weighted by molar-refractivity contribution is 7.11. The summed E-state index contributed by atoms with van der Waals surface area (Å²) >= 11 is 1.80. The molecule has 1 aliphatic heterocycles. The topological polar surface area (TPSA) is 28.2 Å². The average molecular weight is 276 g/mol. The van der Waals surface area contributed by atoms with Gasteiger partial charge >= 0.3 is 0 Å². The number of aryl methyl sites for hydroxylation is 1. The second kappa shape index (κ2) is 6.14. The maximum Gasteiger partial charge on any atom is 0.0897 e. The summed E-state index contributed by atoms with van der Waals surface area (Å²) in [6.45, 7) is 8.96. The predicted molar refractivity (Wildman–Crippen MR) is 76.0 cm³/mol. The Bertz CT molecular complexity index is 347. The van der Waals surface area contributed by atoms with Crippen LogP contribution >= 0.6 is 23.7 Å². The fourth-order valence-corrected chi connectivity index (χ4v) is 3.33. The van der Waals surface area contributed by atoms with Crippen LogP contribution in [-0.2, 0) is 6.54 Å². The van der Waals surface area contributed by atoms with Crippen LogP contribution in [0.3, 0.4) is 0 Å². The lowest BCUT2D eigenvalue weighted by atomic mass is 9.89. The quantitative estimate of drug-likeness (QED) is 0.914. The van der Waals surface area contributed by atoms with Crippen molar-refractivity contribution in [2.75, 3.05) is 26.7 Å². The average Bonchev–Trinajstić information content (AvgIpc) is 2.75. The van der Waals surface area contributed by atoms with Crippen molar-refractivity contribution >= 4 is 23.7 Å². The molecule has 0 radical (unpaired) electrons. The van der Waals surface area contributed by atoms with Crippen LogP contribution in [0.1, 0.15) is 23.2 Å². The van der Waals surface area contributed by atoms with Gasteiger partial charge in [0.25, 0.3) is 0 Å². The van der Waals surface area contributed by atoms with E-state index in [1.165, 1.54) is 17.8 Å². The lowest BCUT2D eigenvalue weighted by Crippen LogP contribution is -2.34. The molecule has 0 spiro atoms. The van der Waals surface area contributed by atoms with Crippen molar-refractivity contribution < 1.29 is 0 Å². The van der Waals surface area contributed by atoms with Crippen LogP contribution in [0.5, 0.6) is 0 Å². The predicted octanol–water partition coefficient (Wildman–Crippen LogP) is 2.30. The van der Waals surface area contributed by atoms with Gasteiger partial charge in [-0.3, -0.25) is 0 Å². The highest BCUT2D eigenvalue weighted by atomic mass is 35.5. The summed E-state index contributed by atoms with van der Waals surface area (Å²) in [5.41, 5.74) is 0.453. The van der Waals surface area contributed by atoms with Gasteiger partial charge in [0, 0.05) is 30.7 Å². The molecule has 1 fully saturated rings. The Balaban J connectivity index is 0.00000144. The van der Waals surface area contributed by atoms with Crippen LogP contribution in [0.4, 0.5) is 0 Å². The van der Waals surface area contributed by atoms with Crippen molar-refractivity contribution in [3.63, 3.8) is 0 Å². The molecule has 1 atom stereocenters. The Morgan fingerprint density at radius 1 is 1.59 bits per heavy atom. The Morgan fingerprint density at radius 3 is 2.88 bits per heavy atom. The summed E-state index contributed by atoms with van der Waals surface area (Å²) in [5.74, 6) is 0. The van der Waals surface area contributed by atoms with Gasteiger partial charge in [0.2, 0.25) is 0 Å². The Hall–Kier alpha value is -0.160. The second-order valence-electron chi connectivity index (χ2n) is 5.26. The number of hydrogen-bond acceptors (Lipinski definition) is 4. The molecule has 17 heavy (non-hydrogen) atoms. The smallest absolute Gasteiger partial charge is 0.0897 e. The highest BCUT2D eigenvalue weighted by Crippen LogP contribution is 2.26. The minimum atomic E-state index is 0. The molecule has 98 valence electrons. The molecule has 0 aliphatic carbocycles. The molecule has 0 amide bonds. The maximum atomic E-state index is 4.30. The third kappa shape index (κ3) is 4.21. The molecule has 2 rings (SSSR count). The molecular formula is C12H22ClN3S. The summed E-state index contributed by atoms with van der Waals surface area (Å²) in [6.07, 6.45) is 3.30. The molecule has 0 bridgehead atoms. The van der Waals surface area contributed by atoms with E-state index in [0.717, 1.165) is 24.6 Å². The van der Waals surface area contributed by atoms with E-state index in [1.54, 1.807) is 11.3 Å². The summed E-state index contributed by atoms with van der Waals surface area (Å²) in [7, 11) is 2.21. The first-order valence-electron chi connectivity index (χ1n) is 5.88. The van der Waals surface area contributed by atoms with E-state index in [9.17, 15) is 0 Å². The summed E-state index contributed by atoms with van der Waals surface area (Å²) in [6, 6.07) is 0. The molecule has 2 heterocycles. The van der Waals surface area contributed by atoms with Crippen LogP contribution in [0.25, 0.3) is 0 Å². The van der Waals surface area contributed by atoms with Gasteiger partial charge in [-0.1, -0.05) is 6.92 Å². The first-order chi connectivity index (χ1) is 7.57. The van der Waals surface area contributed by atoms with E-state index in [-0.39, 0.29) is 12.4 Å². The standard InChI is InChI=1S/C12H21N3S.ClH/c1-10-14-6-11(16-10)7-15(3)9-12(2)4-5-13-8-12;/h6,13H,4-5,7-9H2,1-3H3;1H. The van der Waals surface area contributed by atoms with Crippen LogP contribution in [0, 0.1) is 12.3 Å². The number of hydrogen-bond donors (Lipinski definition) is 1. The summed E-state index contributed by atoms with van der Waals surface area (Å²) < 4.78 is 0. The van der Waals surface area contributed by atoms with Crippen molar-refractivity contribution in [2.24, 2.45) is 5.41 Å². The zero-order chi connectivity index (χ0) is 11.6. The molecule has 1 aromatic rings. The third-order valence-electron chi connectivity index (χ3n) is 3.20. The van der Waals surface area contributed by atoms with Crippen LogP contribution in [-0.4, -0.2) is 36.6 Å². The minimum Gasteiger partial charge on any atom is -0.316 e. The largest absolute Gasteiger partial charge is 0.316 e. The summed E-state index contributed by atoms with van der Waals surface area (Å²) in [4.78, 5) is 8.08. The second-order valence-corrected chi connectivity index (χ2v) is 6.57. The Kier molecular flexibility index (Phi) is 5.38. The Labute approximate surface area is 114 Å². The van der Waals surface area contributed by atoms with E-state index >= 15 is 0 Å². The molecule has 0 saturated carbocycles. The first kappa shape index (κ1) is 14.9. The molecule has 3 nitrogen and oxygen atoms in total. The molecule has 5 heteroatoms. The number of thiazole rings is 1. The van der Waals surface area contributed by atoms with Crippen LogP contribution < -0.4 is 5.32 Å². The number of nitrogens with zero attached hydrogens (tertiary/aromatic N) is 2. The van der Waals surface area contributed by atoms with Crippen LogP contribution in [0.15, 0.2) is 6.20 Å². The van der Waals surface area contributed by atoms with Crippen molar-refractivity contribution in [1.82, 2.24) is 15.2 Å². The molecule has 1 N–H and O–H groups in total. The zero-order valence-electron chi connectivity index (χ0n) is 10.8.